The standard InChI is InChI=1S/C31H26ClN3O4/c1-3-19(2)22-10-13-29-27(17-22)34-31(39-29)21-8-11-25(12-9-21)33-18-24-15-20(16-28(30(24)36)35(37)38)14-23-6-4-5-7-26(23)32/h4-13,15-19,36H,3,14H2,1-2H3/t19-/m0/s1. The van der Waals surface area contributed by atoms with Gasteiger partial charge < -0.3 is 9.52 Å². The Morgan fingerprint density at radius 1 is 1.10 bits per heavy atom. The number of hydrogen-bond acceptors (Lipinski definition) is 6. The lowest BCUT2D eigenvalue weighted by Crippen LogP contribution is -1.97. The third kappa shape index (κ3) is 5.68. The number of aliphatic imine (C=N–C) groups is 1. The van der Waals surface area contributed by atoms with Crippen molar-refractivity contribution in [1.29, 1.82) is 0 Å². The number of rotatable bonds is 8. The van der Waals surface area contributed by atoms with Gasteiger partial charge in [-0.2, -0.15) is 0 Å². The van der Waals surface area contributed by atoms with Crippen molar-refractivity contribution in [2.45, 2.75) is 32.6 Å². The van der Waals surface area contributed by atoms with Crippen molar-refractivity contribution < 1.29 is 14.4 Å². The fourth-order valence-corrected chi connectivity index (χ4v) is 4.55. The van der Waals surface area contributed by atoms with E-state index in [2.05, 4.69) is 36.0 Å². The second kappa shape index (κ2) is 11.1. The maximum atomic E-state index is 11.6. The molecule has 5 aromatic rings. The summed E-state index contributed by atoms with van der Waals surface area (Å²) < 4.78 is 5.96. The number of nitro benzene ring substituents is 1. The van der Waals surface area contributed by atoms with Gasteiger partial charge in [-0.25, -0.2) is 4.98 Å². The molecule has 0 saturated carbocycles. The predicted octanol–water partition coefficient (Wildman–Crippen LogP) is 8.62. The van der Waals surface area contributed by atoms with Crippen LogP contribution in [0.5, 0.6) is 5.75 Å². The number of oxazole rings is 1. The van der Waals surface area contributed by atoms with Gasteiger partial charge in [0.05, 0.1) is 10.6 Å². The van der Waals surface area contributed by atoms with E-state index >= 15 is 0 Å². The van der Waals surface area contributed by atoms with Crippen LogP contribution in [0.4, 0.5) is 11.4 Å². The monoisotopic (exact) mass is 539 g/mol. The molecule has 0 saturated heterocycles. The van der Waals surface area contributed by atoms with Crippen LogP contribution in [0.25, 0.3) is 22.6 Å². The van der Waals surface area contributed by atoms with Crippen LogP contribution in [-0.2, 0) is 6.42 Å². The van der Waals surface area contributed by atoms with E-state index in [0.717, 1.165) is 28.6 Å². The molecule has 1 heterocycles. The fraction of sp³-hybridized carbons (Fsp3) is 0.161. The highest BCUT2D eigenvalue weighted by Gasteiger charge is 2.19. The highest BCUT2D eigenvalue weighted by molar-refractivity contribution is 6.31. The quantitative estimate of drug-likeness (QED) is 0.121. The van der Waals surface area contributed by atoms with E-state index in [0.29, 0.717) is 34.5 Å². The highest BCUT2D eigenvalue weighted by atomic mass is 35.5. The molecule has 0 aliphatic heterocycles. The third-order valence-electron chi connectivity index (χ3n) is 6.79. The Balaban J connectivity index is 1.40. The highest BCUT2D eigenvalue weighted by Crippen LogP contribution is 2.33. The molecule has 0 fully saturated rings. The number of phenolic OH excluding ortho intramolecular Hbond substituents is 1. The van der Waals surface area contributed by atoms with Gasteiger partial charge >= 0.3 is 5.69 Å². The molecule has 0 bridgehead atoms. The molecule has 0 spiro atoms. The average Bonchev–Trinajstić information content (AvgIpc) is 3.37. The lowest BCUT2D eigenvalue weighted by atomic mass is 9.98. The Kier molecular flexibility index (Phi) is 7.43. The number of aromatic hydroxyl groups is 1. The molecular weight excluding hydrogens is 514 g/mol. The zero-order chi connectivity index (χ0) is 27.5. The zero-order valence-corrected chi connectivity index (χ0v) is 22.2. The molecule has 0 radical (unpaired) electrons. The van der Waals surface area contributed by atoms with Gasteiger partial charge in [0.15, 0.2) is 5.58 Å². The van der Waals surface area contributed by atoms with Gasteiger partial charge in [-0.15, -0.1) is 0 Å². The Morgan fingerprint density at radius 3 is 2.59 bits per heavy atom. The second-order valence-electron chi connectivity index (χ2n) is 9.44. The van der Waals surface area contributed by atoms with Crippen LogP contribution >= 0.6 is 11.6 Å². The van der Waals surface area contributed by atoms with Crippen LogP contribution in [0.2, 0.25) is 5.02 Å². The maximum absolute atomic E-state index is 11.6. The van der Waals surface area contributed by atoms with Gasteiger partial charge in [-0.05, 0) is 84.0 Å². The van der Waals surface area contributed by atoms with E-state index in [9.17, 15) is 15.2 Å². The summed E-state index contributed by atoms with van der Waals surface area (Å²) in [4.78, 5) is 20.1. The summed E-state index contributed by atoms with van der Waals surface area (Å²) in [5.74, 6) is 0.526. The molecule has 39 heavy (non-hydrogen) atoms. The van der Waals surface area contributed by atoms with Crippen LogP contribution in [-0.4, -0.2) is 21.2 Å². The lowest BCUT2D eigenvalue weighted by molar-refractivity contribution is -0.385. The summed E-state index contributed by atoms with van der Waals surface area (Å²) in [7, 11) is 0. The summed E-state index contributed by atoms with van der Waals surface area (Å²) in [6.07, 6.45) is 2.85. The lowest BCUT2D eigenvalue weighted by Gasteiger charge is -2.08. The van der Waals surface area contributed by atoms with E-state index < -0.39 is 10.7 Å². The summed E-state index contributed by atoms with van der Waals surface area (Å²) in [6.45, 7) is 4.35. The van der Waals surface area contributed by atoms with Crippen LogP contribution in [0, 0.1) is 10.1 Å². The second-order valence-corrected chi connectivity index (χ2v) is 9.85. The van der Waals surface area contributed by atoms with E-state index in [-0.39, 0.29) is 11.3 Å². The number of phenols is 1. The number of nitro groups is 1. The Labute approximate surface area is 230 Å². The summed E-state index contributed by atoms with van der Waals surface area (Å²) in [6, 6.07) is 23.7. The molecule has 1 aromatic heterocycles. The molecule has 7 nitrogen and oxygen atoms in total. The molecule has 5 rings (SSSR count). The molecule has 196 valence electrons. The van der Waals surface area contributed by atoms with Gasteiger partial charge in [-0.1, -0.05) is 49.7 Å². The van der Waals surface area contributed by atoms with Crippen molar-refractivity contribution in [3.63, 3.8) is 0 Å². The van der Waals surface area contributed by atoms with Crippen molar-refractivity contribution in [2.75, 3.05) is 0 Å². The molecule has 0 amide bonds. The van der Waals surface area contributed by atoms with E-state index in [1.54, 1.807) is 24.3 Å². The van der Waals surface area contributed by atoms with Crippen molar-refractivity contribution in [2.24, 2.45) is 4.99 Å². The van der Waals surface area contributed by atoms with Crippen molar-refractivity contribution in [3.05, 3.63) is 116 Å². The van der Waals surface area contributed by atoms with Crippen molar-refractivity contribution in [3.8, 4) is 17.2 Å². The first-order valence-corrected chi connectivity index (χ1v) is 13.0. The van der Waals surface area contributed by atoms with E-state index in [1.807, 2.05) is 36.4 Å². The van der Waals surface area contributed by atoms with E-state index in [4.69, 9.17) is 16.0 Å². The minimum atomic E-state index is -0.607. The predicted molar refractivity (Wildman–Crippen MR) is 154 cm³/mol. The normalized spacial score (nSPS) is 12.3. The molecule has 0 aliphatic carbocycles. The maximum Gasteiger partial charge on any atom is 0.311 e. The molecule has 1 N–H and O–H groups in total. The smallest absolute Gasteiger partial charge is 0.311 e. The largest absolute Gasteiger partial charge is 0.502 e. The molecule has 4 aromatic carbocycles. The number of fused-ring (bicyclic) bond motifs is 1. The van der Waals surface area contributed by atoms with Crippen molar-refractivity contribution >= 4 is 40.3 Å². The number of hydrogen-bond donors (Lipinski definition) is 1. The van der Waals surface area contributed by atoms with Crippen LogP contribution in [0.15, 0.2) is 88.3 Å². The molecular formula is C31H26ClN3O4. The molecule has 0 unspecified atom stereocenters. The topological polar surface area (TPSA) is 102 Å². The molecule has 8 heteroatoms. The Morgan fingerprint density at radius 2 is 1.87 bits per heavy atom. The SMILES string of the molecule is CC[C@H](C)c1ccc2oc(-c3ccc(N=Cc4cc(Cc5ccccc5Cl)cc([N+](=O)[O-])c4O)cc3)nc2c1. The van der Waals surface area contributed by atoms with Crippen LogP contribution in [0.1, 0.15) is 48.4 Å². The minimum Gasteiger partial charge on any atom is -0.502 e. The first kappa shape index (κ1) is 26.1. The van der Waals surface area contributed by atoms with Crippen molar-refractivity contribution in [1.82, 2.24) is 4.98 Å². The number of benzene rings is 4. The summed E-state index contributed by atoms with van der Waals surface area (Å²) in [5, 5.41) is 22.7. The first-order valence-electron chi connectivity index (χ1n) is 12.6. The van der Waals surface area contributed by atoms with Gasteiger partial charge in [0.2, 0.25) is 11.6 Å². The van der Waals surface area contributed by atoms with Gasteiger partial charge in [0, 0.05) is 28.4 Å². The van der Waals surface area contributed by atoms with Gasteiger partial charge in [-0.3, -0.25) is 15.1 Å². The number of halogens is 1. The van der Waals surface area contributed by atoms with Crippen LogP contribution in [0.3, 0.4) is 0 Å². The third-order valence-corrected chi connectivity index (χ3v) is 7.16. The van der Waals surface area contributed by atoms with Gasteiger partial charge in [0.1, 0.15) is 5.52 Å². The van der Waals surface area contributed by atoms with Gasteiger partial charge in [0.25, 0.3) is 0 Å². The number of aromatic nitrogens is 1. The summed E-state index contributed by atoms with van der Waals surface area (Å²) >= 11 is 6.27. The summed E-state index contributed by atoms with van der Waals surface area (Å²) in [5.41, 5.74) is 5.50. The Hall–Kier alpha value is -4.49. The Bertz CT molecular complexity index is 1690. The van der Waals surface area contributed by atoms with E-state index in [1.165, 1.54) is 17.8 Å². The zero-order valence-electron chi connectivity index (χ0n) is 21.5. The fourth-order valence-electron chi connectivity index (χ4n) is 4.35. The average molecular weight is 540 g/mol. The molecule has 0 aliphatic rings. The molecule has 1 atom stereocenters. The van der Waals surface area contributed by atoms with Crippen LogP contribution < -0.4 is 0 Å². The first-order chi connectivity index (χ1) is 18.8. The number of nitrogens with zero attached hydrogens (tertiary/aromatic N) is 3. The minimum absolute atomic E-state index is 0.242.